The fourth-order valence-corrected chi connectivity index (χ4v) is 1.93. The molecule has 0 aromatic heterocycles. The van der Waals surface area contributed by atoms with E-state index < -0.39 is 11.6 Å². The van der Waals surface area contributed by atoms with Crippen molar-refractivity contribution in [3.05, 3.63) is 34.9 Å². The standard InChI is InChI=1S/C11H11F2NO/c12-9-4-7(6-15)8(5-10(9)13)11-2-1-3-14-11/h4-6,11,14H,1-3H2. The van der Waals surface area contributed by atoms with Crippen LogP contribution in [0.5, 0.6) is 0 Å². The Balaban J connectivity index is 2.43. The summed E-state index contributed by atoms with van der Waals surface area (Å²) in [6.07, 6.45) is 2.41. The van der Waals surface area contributed by atoms with Crippen LogP contribution in [0.3, 0.4) is 0 Å². The molecule has 1 fully saturated rings. The van der Waals surface area contributed by atoms with E-state index in [1.165, 1.54) is 0 Å². The lowest BCUT2D eigenvalue weighted by molar-refractivity contribution is 0.112. The van der Waals surface area contributed by atoms with Crippen LogP contribution in [0.15, 0.2) is 12.1 Å². The van der Waals surface area contributed by atoms with Crippen molar-refractivity contribution in [2.24, 2.45) is 0 Å². The van der Waals surface area contributed by atoms with Crippen molar-refractivity contribution in [2.75, 3.05) is 6.54 Å². The van der Waals surface area contributed by atoms with Crippen LogP contribution in [-0.4, -0.2) is 12.8 Å². The van der Waals surface area contributed by atoms with Crippen molar-refractivity contribution in [2.45, 2.75) is 18.9 Å². The molecule has 0 radical (unpaired) electrons. The molecule has 80 valence electrons. The second-order valence-electron chi connectivity index (χ2n) is 3.66. The van der Waals surface area contributed by atoms with Gasteiger partial charge in [-0.05, 0) is 37.1 Å². The number of carbonyl (C=O) groups excluding carboxylic acids is 1. The van der Waals surface area contributed by atoms with Crippen molar-refractivity contribution in [1.29, 1.82) is 0 Å². The predicted molar refractivity (Wildman–Crippen MR) is 51.7 cm³/mol. The zero-order valence-electron chi connectivity index (χ0n) is 8.09. The van der Waals surface area contributed by atoms with E-state index in [-0.39, 0.29) is 11.6 Å². The quantitative estimate of drug-likeness (QED) is 0.760. The molecule has 2 nitrogen and oxygen atoms in total. The van der Waals surface area contributed by atoms with Gasteiger partial charge in [0.1, 0.15) is 6.29 Å². The van der Waals surface area contributed by atoms with Crippen LogP contribution in [0.25, 0.3) is 0 Å². The molecular weight excluding hydrogens is 200 g/mol. The number of hydrogen-bond donors (Lipinski definition) is 1. The molecule has 1 N–H and O–H groups in total. The zero-order chi connectivity index (χ0) is 10.8. The summed E-state index contributed by atoms with van der Waals surface area (Å²) in [7, 11) is 0. The molecule has 0 bridgehead atoms. The smallest absolute Gasteiger partial charge is 0.159 e. The van der Waals surface area contributed by atoms with Gasteiger partial charge < -0.3 is 5.32 Å². The highest BCUT2D eigenvalue weighted by atomic mass is 19.2. The largest absolute Gasteiger partial charge is 0.310 e. The average Bonchev–Trinajstić information content (AvgIpc) is 2.74. The van der Waals surface area contributed by atoms with E-state index in [1.807, 2.05) is 0 Å². The lowest BCUT2D eigenvalue weighted by atomic mass is 9.99. The van der Waals surface area contributed by atoms with Crippen molar-refractivity contribution in [3.8, 4) is 0 Å². The van der Waals surface area contributed by atoms with Crippen LogP contribution < -0.4 is 5.32 Å². The second-order valence-corrected chi connectivity index (χ2v) is 3.66. The van der Waals surface area contributed by atoms with Crippen molar-refractivity contribution in [3.63, 3.8) is 0 Å². The molecule has 0 aliphatic carbocycles. The minimum atomic E-state index is -0.973. The number of hydrogen-bond acceptors (Lipinski definition) is 2. The maximum absolute atomic E-state index is 13.0. The molecule has 2 rings (SSSR count). The summed E-state index contributed by atoms with van der Waals surface area (Å²) in [6.45, 7) is 0.849. The van der Waals surface area contributed by atoms with E-state index in [4.69, 9.17) is 0 Å². The first kappa shape index (κ1) is 10.2. The Labute approximate surface area is 86.3 Å². The molecule has 1 heterocycles. The Hall–Kier alpha value is -1.29. The monoisotopic (exact) mass is 211 g/mol. The summed E-state index contributed by atoms with van der Waals surface area (Å²) in [6, 6.07) is 2.04. The maximum Gasteiger partial charge on any atom is 0.159 e. The Morgan fingerprint density at radius 3 is 2.67 bits per heavy atom. The van der Waals surface area contributed by atoms with E-state index in [1.54, 1.807) is 0 Å². The number of benzene rings is 1. The number of nitrogens with one attached hydrogen (secondary N) is 1. The summed E-state index contributed by atoms with van der Waals surface area (Å²) in [4.78, 5) is 10.7. The SMILES string of the molecule is O=Cc1cc(F)c(F)cc1C1CCCN1. The van der Waals surface area contributed by atoms with Crippen LogP contribution in [0, 0.1) is 11.6 Å². The Kier molecular flexibility index (Phi) is 2.77. The summed E-state index contributed by atoms with van der Waals surface area (Å²) >= 11 is 0. The minimum Gasteiger partial charge on any atom is -0.310 e. The molecule has 15 heavy (non-hydrogen) atoms. The highest BCUT2D eigenvalue weighted by Crippen LogP contribution is 2.26. The molecule has 1 aliphatic heterocycles. The van der Waals surface area contributed by atoms with E-state index in [2.05, 4.69) is 5.32 Å². The van der Waals surface area contributed by atoms with Crippen LogP contribution in [0.2, 0.25) is 0 Å². The normalized spacial score (nSPS) is 20.5. The third-order valence-corrected chi connectivity index (χ3v) is 2.69. The first-order chi connectivity index (χ1) is 7.22. The fraction of sp³-hybridized carbons (Fsp3) is 0.364. The van der Waals surface area contributed by atoms with Gasteiger partial charge in [0, 0.05) is 11.6 Å². The van der Waals surface area contributed by atoms with E-state index in [9.17, 15) is 13.6 Å². The molecule has 0 saturated carbocycles. The van der Waals surface area contributed by atoms with Crippen molar-refractivity contribution < 1.29 is 13.6 Å². The van der Waals surface area contributed by atoms with Gasteiger partial charge in [0.25, 0.3) is 0 Å². The van der Waals surface area contributed by atoms with Gasteiger partial charge in [-0.3, -0.25) is 4.79 Å². The molecule has 1 aliphatic rings. The molecule has 1 aromatic rings. The van der Waals surface area contributed by atoms with Gasteiger partial charge in [0.05, 0.1) is 0 Å². The van der Waals surface area contributed by atoms with E-state index >= 15 is 0 Å². The third kappa shape index (κ3) is 1.90. The molecule has 4 heteroatoms. The molecule has 1 unspecified atom stereocenters. The predicted octanol–water partition coefficient (Wildman–Crippen LogP) is 2.20. The summed E-state index contributed by atoms with van der Waals surface area (Å²) in [5, 5.41) is 3.15. The van der Waals surface area contributed by atoms with Gasteiger partial charge in [-0.2, -0.15) is 0 Å². The molecule has 1 atom stereocenters. The van der Waals surface area contributed by atoms with Crippen LogP contribution >= 0.6 is 0 Å². The van der Waals surface area contributed by atoms with Crippen molar-refractivity contribution in [1.82, 2.24) is 5.32 Å². The van der Waals surface area contributed by atoms with Crippen LogP contribution in [0.4, 0.5) is 8.78 Å². The van der Waals surface area contributed by atoms with Crippen LogP contribution in [-0.2, 0) is 0 Å². The van der Waals surface area contributed by atoms with Gasteiger partial charge in [0.15, 0.2) is 11.6 Å². The number of aldehydes is 1. The molecular formula is C11H11F2NO. The van der Waals surface area contributed by atoms with Gasteiger partial charge in [-0.25, -0.2) is 8.78 Å². The number of rotatable bonds is 2. The average molecular weight is 211 g/mol. The minimum absolute atomic E-state index is 0.0275. The lowest BCUT2D eigenvalue weighted by Crippen LogP contribution is -2.15. The van der Waals surface area contributed by atoms with Gasteiger partial charge in [-0.1, -0.05) is 0 Å². The van der Waals surface area contributed by atoms with Crippen molar-refractivity contribution >= 4 is 6.29 Å². The highest BCUT2D eigenvalue weighted by Gasteiger charge is 2.21. The third-order valence-electron chi connectivity index (χ3n) is 2.69. The van der Waals surface area contributed by atoms with E-state index in [0.29, 0.717) is 11.8 Å². The number of carbonyl (C=O) groups is 1. The first-order valence-electron chi connectivity index (χ1n) is 4.90. The first-order valence-corrected chi connectivity index (χ1v) is 4.90. The van der Waals surface area contributed by atoms with Gasteiger partial charge in [0.2, 0.25) is 0 Å². The summed E-state index contributed by atoms with van der Waals surface area (Å²) < 4.78 is 25.9. The Morgan fingerprint density at radius 1 is 1.33 bits per heavy atom. The zero-order valence-corrected chi connectivity index (χ0v) is 8.09. The topological polar surface area (TPSA) is 29.1 Å². The van der Waals surface area contributed by atoms with Gasteiger partial charge in [-0.15, -0.1) is 0 Å². The highest BCUT2D eigenvalue weighted by molar-refractivity contribution is 5.77. The van der Waals surface area contributed by atoms with E-state index in [0.717, 1.165) is 31.5 Å². The van der Waals surface area contributed by atoms with Crippen LogP contribution in [0.1, 0.15) is 34.8 Å². The Bertz CT molecular complexity index is 386. The summed E-state index contributed by atoms with van der Waals surface area (Å²) in [5.41, 5.74) is 0.787. The maximum atomic E-state index is 13.0. The fourth-order valence-electron chi connectivity index (χ4n) is 1.93. The van der Waals surface area contributed by atoms with Gasteiger partial charge >= 0.3 is 0 Å². The lowest BCUT2D eigenvalue weighted by Gasteiger charge is -2.13. The summed E-state index contributed by atoms with van der Waals surface area (Å²) in [5.74, 6) is -1.87. The molecule has 0 spiro atoms. The molecule has 1 saturated heterocycles. The molecule has 1 aromatic carbocycles. The number of halogens is 2. The second kappa shape index (κ2) is 4.06. The Morgan fingerprint density at radius 2 is 2.07 bits per heavy atom. The molecule has 0 amide bonds.